The molecule has 1 amide bonds. The monoisotopic (exact) mass is 285 g/mol. The summed E-state index contributed by atoms with van der Waals surface area (Å²) >= 11 is 0. The molecule has 0 saturated carbocycles. The topological polar surface area (TPSA) is 45.2 Å². The number of hydrogen-bond donors (Lipinski definition) is 1. The lowest BCUT2D eigenvalue weighted by Gasteiger charge is -2.29. The number of halogens is 1. The number of anilines is 2. The highest BCUT2D eigenvalue weighted by molar-refractivity contribution is 5.96. The molecule has 5 heteroatoms. The zero-order chi connectivity index (χ0) is 14.8. The van der Waals surface area contributed by atoms with Crippen molar-refractivity contribution in [1.29, 1.82) is 0 Å². The van der Waals surface area contributed by atoms with Crippen LogP contribution >= 0.6 is 0 Å². The minimum Gasteiger partial charge on any atom is -0.373 e. The first-order chi connectivity index (χ1) is 10.2. The molecule has 0 radical (unpaired) electrons. The van der Waals surface area contributed by atoms with Gasteiger partial charge in [-0.15, -0.1) is 0 Å². The third-order valence-corrected chi connectivity index (χ3v) is 3.66. The molecule has 4 nitrogen and oxygen atoms in total. The Labute approximate surface area is 122 Å². The van der Waals surface area contributed by atoms with Crippen LogP contribution in [0.4, 0.5) is 15.9 Å². The van der Waals surface area contributed by atoms with Gasteiger partial charge in [0.25, 0.3) is 0 Å². The molecule has 0 unspecified atom stereocenters. The van der Waals surface area contributed by atoms with E-state index >= 15 is 0 Å². The van der Waals surface area contributed by atoms with Gasteiger partial charge in [0.15, 0.2) is 0 Å². The van der Waals surface area contributed by atoms with Gasteiger partial charge in [0.05, 0.1) is 6.54 Å². The summed E-state index contributed by atoms with van der Waals surface area (Å²) < 4.78 is 13.3. The molecule has 1 aromatic carbocycles. The Hall–Kier alpha value is -2.43. The lowest BCUT2D eigenvalue weighted by Crippen LogP contribution is -2.34. The van der Waals surface area contributed by atoms with Crippen molar-refractivity contribution in [1.82, 2.24) is 4.98 Å². The first kappa shape index (κ1) is 13.5. The number of aromatic nitrogens is 1. The highest BCUT2D eigenvalue weighted by Crippen LogP contribution is 2.30. The van der Waals surface area contributed by atoms with E-state index in [0.29, 0.717) is 19.4 Å². The summed E-state index contributed by atoms with van der Waals surface area (Å²) in [5.74, 6) is 0.567. The van der Waals surface area contributed by atoms with Crippen molar-refractivity contribution >= 4 is 17.4 Å². The number of carbonyl (C=O) groups is 1. The molecule has 1 aliphatic rings. The molecule has 0 aliphatic carbocycles. The van der Waals surface area contributed by atoms with E-state index in [0.717, 1.165) is 22.6 Å². The molecule has 0 fully saturated rings. The summed E-state index contributed by atoms with van der Waals surface area (Å²) in [6.07, 6.45) is 2.72. The molecule has 0 bridgehead atoms. The maximum Gasteiger partial charge on any atom is 0.227 e. The third kappa shape index (κ3) is 2.72. The first-order valence-corrected chi connectivity index (χ1v) is 6.89. The third-order valence-electron chi connectivity index (χ3n) is 3.66. The number of amides is 1. The lowest BCUT2D eigenvalue weighted by molar-refractivity contribution is -0.119. The second kappa shape index (κ2) is 5.52. The average Bonchev–Trinajstić information content (AvgIpc) is 2.50. The van der Waals surface area contributed by atoms with E-state index in [1.54, 1.807) is 24.2 Å². The predicted octanol–water partition coefficient (Wildman–Crippen LogP) is 2.74. The number of hydrogen-bond acceptors (Lipinski definition) is 3. The lowest BCUT2D eigenvalue weighted by atomic mass is 10.0. The molecule has 2 heterocycles. The molecule has 0 saturated heterocycles. The summed E-state index contributed by atoms with van der Waals surface area (Å²) in [6.45, 7) is 0.467. The van der Waals surface area contributed by atoms with Crippen LogP contribution < -0.4 is 10.2 Å². The van der Waals surface area contributed by atoms with Gasteiger partial charge in [-0.05, 0) is 47.9 Å². The highest BCUT2D eigenvalue weighted by atomic mass is 19.1. The molecule has 1 aliphatic heterocycles. The zero-order valence-electron chi connectivity index (χ0n) is 11.8. The fourth-order valence-corrected chi connectivity index (χ4v) is 2.59. The number of carbonyl (C=O) groups excluding carboxylic acids is 1. The molecule has 108 valence electrons. The van der Waals surface area contributed by atoms with Gasteiger partial charge in [-0.25, -0.2) is 9.37 Å². The van der Waals surface area contributed by atoms with Crippen LogP contribution in [0.5, 0.6) is 0 Å². The maximum atomic E-state index is 13.3. The van der Waals surface area contributed by atoms with E-state index in [-0.39, 0.29) is 11.7 Å². The number of nitrogens with one attached hydrogen (secondary N) is 1. The number of benzene rings is 1. The minimum absolute atomic E-state index is 0.0666. The number of fused-ring (bicyclic) bond motifs is 1. The highest BCUT2D eigenvalue weighted by Gasteiger charge is 2.24. The second-order valence-electron chi connectivity index (χ2n) is 5.05. The Kier molecular flexibility index (Phi) is 3.56. The van der Waals surface area contributed by atoms with Gasteiger partial charge in [0.2, 0.25) is 5.91 Å². The number of nitrogens with zero attached hydrogens (tertiary/aromatic N) is 2. The normalized spacial score (nSPS) is 14.0. The van der Waals surface area contributed by atoms with E-state index in [1.165, 1.54) is 12.1 Å². The van der Waals surface area contributed by atoms with Crippen molar-refractivity contribution in [3.8, 4) is 0 Å². The Morgan fingerprint density at radius 2 is 2.14 bits per heavy atom. The van der Waals surface area contributed by atoms with Gasteiger partial charge in [-0.3, -0.25) is 4.79 Å². The number of aryl methyl sites for hydroxylation is 1. The van der Waals surface area contributed by atoms with Crippen LogP contribution in [0.2, 0.25) is 0 Å². The molecular weight excluding hydrogens is 269 g/mol. The van der Waals surface area contributed by atoms with Gasteiger partial charge >= 0.3 is 0 Å². The smallest absolute Gasteiger partial charge is 0.227 e. The van der Waals surface area contributed by atoms with Crippen LogP contribution in [-0.4, -0.2) is 17.9 Å². The molecule has 2 aromatic rings. The summed E-state index contributed by atoms with van der Waals surface area (Å²) in [7, 11) is 1.80. The zero-order valence-corrected chi connectivity index (χ0v) is 11.8. The molecule has 1 aromatic heterocycles. The van der Waals surface area contributed by atoms with Gasteiger partial charge in [0.1, 0.15) is 11.6 Å². The van der Waals surface area contributed by atoms with E-state index in [4.69, 9.17) is 0 Å². The van der Waals surface area contributed by atoms with Crippen molar-refractivity contribution in [2.75, 3.05) is 17.3 Å². The summed E-state index contributed by atoms with van der Waals surface area (Å²) in [5.41, 5.74) is 2.67. The quantitative estimate of drug-likeness (QED) is 0.943. The summed E-state index contributed by atoms with van der Waals surface area (Å²) in [4.78, 5) is 18.1. The molecule has 3 rings (SSSR count). The van der Waals surface area contributed by atoms with Crippen LogP contribution in [0.25, 0.3) is 0 Å². The standard InChI is InChI=1S/C16H16FN3O/c1-18-15-8-11(6-7-19-15)10-20-14-4-3-13(17)9-12(14)2-5-16(20)21/h3-4,6-9H,2,5,10H2,1H3,(H,18,19). The average molecular weight is 285 g/mol. The molecule has 1 N–H and O–H groups in total. The van der Waals surface area contributed by atoms with Crippen molar-refractivity contribution < 1.29 is 9.18 Å². The van der Waals surface area contributed by atoms with E-state index in [9.17, 15) is 9.18 Å². The molecule has 0 spiro atoms. The van der Waals surface area contributed by atoms with Gasteiger partial charge < -0.3 is 10.2 Å². The van der Waals surface area contributed by atoms with Gasteiger partial charge in [0, 0.05) is 25.4 Å². The van der Waals surface area contributed by atoms with Crippen molar-refractivity contribution in [2.45, 2.75) is 19.4 Å². The Morgan fingerprint density at radius 3 is 2.95 bits per heavy atom. The van der Waals surface area contributed by atoms with Crippen LogP contribution in [0.1, 0.15) is 17.5 Å². The van der Waals surface area contributed by atoms with Gasteiger partial charge in [-0.2, -0.15) is 0 Å². The van der Waals surface area contributed by atoms with Gasteiger partial charge in [-0.1, -0.05) is 0 Å². The van der Waals surface area contributed by atoms with E-state index < -0.39 is 0 Å². The molecule has 21 heavy (non-hydrogen) atoms. The number of pyridine rings is 1. The molecular formula is C16H16FN3O. The van der Waals surface area contributed by atoms with Crippen LogP contribution in [-0.2, 0) is 17.8 Å². The van der Waals surface area contributed by atoms with E-state index in [2.05, 4.69) is 10.3 Å². The number of rotatable bonds is 3. The first-order valence-electron chi connectivity index (χ1n) is 6.89. The minimum atomic E-state index is -0.260. The molecule has 0 atom stereocenters. The van der Waals surface area contributed by atoms with Crippen molar-refractivity contribution in [3.05, 3.63) is 53.5 Å². The Morgan fingerprint density at radius 1 is 1.29 bits per heavy atom. The summed E-state index contributed by atoms with van der Waals surface area (Å²) in [5, 5.41) is 2.98. The van der Waals surface area contributed by atoms with Crippen LogP contribution in [0.3, 0.4) is 0 Å². The SMILES string of the molecule is CNc1cc(CN2C(=O)CCc3cc(F)ccc32)ccn1. The summed E-state index contributed by atoms with van der Waals surface area (Å²) in [6, 6.07) is 8.38. The largest absolute Gasteiger partial charge is 0.373 e. The second-order valence-corrected chi connectivity index (χ2v) is 5.05. The Balaban J connectivity index is 1.92. The predicted molar refractivity (Wildman–Crippen MR) is 79.7 cm³/mol. The van der Waals surface area contributed by atoms with Crippen molar-refractivity contribution in [3.63, 3.8) is 0 Å². The van der Waals surface area contributed by atoms with Crippen molar-refractivity contribution in [2.24, 2.45) is 0 Å². The Bertz CT molecular complexity index is 687. The fourth-order valence-electron chi connectivity index (χ4n) is 2.59. The fraction of sp³-hybridized carbons (Fsp3) is 0.250. The maximum absolute atomic E-state index is 13.3. The van der Waals surface area contributed by atoms with E-state index in [1.807, 2.05) is 12.1 Å². The van der Waals surface area contributed by atoms with Crippen LogP contribution in [0.15, 0.2) is 36.5 Å². The van der Waals surface area contributed by atoms with Crippen LogP contribution in [0, 0.1) is 5.82 Å².